The second-order valence-corrected chi connectivity index (χ2v) is 5.64. The van der Waals surface area contributed by atoms with Crippen LogP contribution in [0.15, 0.2) is 34.8 Å². The summed E-state index contributed by atoms with van der Waals surface area (Å²) in [5.41, 5.74) is 1.02. The third-order valence-electron chi connectivity index (χ3n) is 3.51. The van der Waals surface area contributed by atoms with Crippen molar-refractivity contribution in [2.24, 2.45) is 0 Å². The summed E-state index contributed by atoms with van der Waals surface area (Å²) in [7, 11) is 1.89. The average molecular weight is 360 g/mol. The number of amides is 1. The van der Waals surface area contributed by atoms with Gasteiger partial charge in [0.05, 0.1) is 0 Å². The molecule has 0 unspecified atom stereocenters. The molecule has 0 aromatic heterocycles. The molecule has 0 radical (unpaired) electrons. The van der Waals surface area contributed by atoms with Crippen molar-refractivity contribution in [1.82, 2.24) is 10.2 Å². The van der Waals surface area contributed by atoms with Gasteiger partial charge in [-0.3, -0.25) is 4.79 Å². The molecule has 2 rings (SSSR count). The Morgan fingerprint density at radius 3 is 2.65 bits per heavy atom. The number of nitrogens with zero attached hydrogens (tertiary/aromatic N) is 1. The van der Waals surface area contributed by atoms with E-state index < -0.39 is 0 Å². The van der Waals surface area contributed by atoms with Gasteiger partial charge >= 0.3 is 0 Å². The minimum atomic E-state index is 0. The normalized spacial score (nSPS) is 15.9. The van der Waals surface area contributed by atoms with Crippen LogP contribution in [0.25, 0.3) is 6.08 Å². The Bertz CT molecular complexity index is 473. The second-order valence-electron chi connectivity index (χ2n) is 4.79. The maximum Gasteiger partial charge on any atom is 0.246 e. The molecule has 20 heavy (non-hydrogen) atoms. The number of hydrogen-bond acceptors (Lipinski definition) is 2. The summed E-state index contributed by atoms with van der Waals surface area (Å²) in [6.07, 6.45) is 5.59. The topological polar surface area (TPSA) is 32.3 Å². The zero-order chi connectivity index (χ0) is 13.7. The monoisotopic (exact) mass is 358 g/mol. The predicted octanol–water partition coefficient (Wildman–Crippen LogP) is 3.09. The van der Waals surface area contributed by atoms with Crippen LogP contribution in [0.1, 0.15) is 18.4 Å². The number of carbonyl (C=O) groups is 1. The quantitative estimate of drug-likeness (QED) is 0.841. The number of benzene rings is 1. The van der Waals surface area contributed by atoms with Crippen LogP contribution >= 0.6 is 28.3 Å². The molecule has 1 amide bonds. The Hall–Kier alpha value is -0.840. The molecule has 1 saturated heterocycles. The summed E-state index contributed by atoms with van der Waals surface area (Å²) in [5.74, 6) is 0.0719. The van der Waals surface area contributed by atoms with E-state index in [0.717, 1.165) is 36.0 Å². The van der Waals surface area contributed by atoms with Crippen LogP contribution in [0.3, 0.4) is 0 Å². The van der Waals surface area contributed by atoms with Crippen molar-refractivity contribution in [3.63, 3.8) is 0 Å². The van der Waals surface area contributed by atoms with Crippen LogP contribution in [0.4, 0.5) is 0 Å². The predicted molar refractivity (Wildman–Crippen MR) is 89.1 cm³/mol. The van der Waals surface area contributed by atoms with Crippen LogP contribution in [0.2, 0.25) is 0 Å². The Kier molecular flexibility index (Phi) is 7.27. The minimum Gasteiger partial charge on any atom is -0.339 e. The fourth-order valence-corrected chi connectivity index (χ4v) is 2.68. The molecule has 1 aromatic rings. The van der Waals surface area contributed by atoms with E-state index in [1.807, 2.05) is 42.3 Å². The van der Waals surface area contributed by atoms with Crippen LogP contribution < -0.4 is 5.32 Å². The molecular weight excluding hydrogens is 340 g/mol. The lowest BCUT2D eigenvalue weighted by Crippen LogP contribution is -2.43. The third kappa shape index (κ3) is 4.62. The number of carbonyl (C=O) groups excluding carboxylic acids is 1. The van der Waals surface area contributed by atoms with E-state index in [4.69, 9.17) is 0 Å². The van der Waals surface area contributed by atoms with Gasteiger partial charge in [0, 0.05) is 23.6 Å². The summed E-state index contributed by atoms with van der Waals surface area (Å²) in [6.45, 7) is 1.99. The standard InChI is InChI=1S/C15H19BrN2O.ClH/c1-18(13-8-10-17-11-9-13)15(19)7-6-12-4-2-3-5-14(12)16;/h2-7,13,17H,8-11H2,1H3;1H. The van der Waals surface area contributed by atoms with Crippen LogP contribution in [-0.2, 0) is 4.79 Å². The first-order chi connectivity index (χ1) is 9.18. The van der Waals surface area contributed by atoms with Gasteiger partial charge in [-0.1, -0.05) is 34.1 Å². The van der Waals surface area contributed by atoms with Crippen molar-refractivity contribution in [3.8, 4) is 0 Å². The molecule has 110 valence electrons. The Labute approximate surface area is 135 Å². The number of piperidine rings is 1. The fourth-order valence-electron chi connectivity index (χ4n) is 2.26. The van der Waals surface area contributed by atoms with E-state index in [-0.39, 0.29) is 18.3 Å². The summed E-state index contributed by atoms with van der Waals surface area (Å²) < 4.78 is 1.00. The van der Waals surface area contributed by atoms with E-state index in [2.05, 4.69) is 21.2 Å². The molecule has 1 aromatic carbocycles. The highest BCUT2D eigenvalue weighted by atomic mass is 79.9. The van der Waals surface area contributed by atoms with Crippen molar-refractivity contribution in [3.05, 3.63) is 40.4 Å². The fraction of sp³-hybridized carbons (Fsp3) is 0.400. The molecule has 0 bridgehead atoms. The lowest BCUT2D eigenvalue weighted by molar-refractivity contribution is -0.127. The molecule has 1 heterocycles. The Morgan fingerprint density at radius 1 is 1.35 bits per heavy atom. The highest BCUT2D eigenvalue weighted by Crippen LogP contribution is 2.17. The van der Waals surface area contributed by atoms with Crippen molar-refractivity contribution in [1.29, 1.82) is 0 Å². The van der Waals surface area contributed by atoms with Gasteiger partial charge in [-0.25, -0.2) is 0 Å². The number of hydrogen-bond donors (Lipinski definition) is 1. The summed E-state index contributed by atoms with van der Waals surface area (Å²) in [4.78, 5) is 14.0. The van der Waals surface area contributed by atoms with Gasteiger partial charge in [-0.2, -0.15) is 0 Å². The first kappa shape index (κ1) is 17.2. The van der Waals surface area contributed by atoms with Crippen molar-refractivity contribution < 1.29 is 4.79 Å². The zero-order valence-corrected chi connectivity index (χ0v) is 13.9. The zero-order valence-electron chi connectivity index (χ0n) is 11.5. The molecule has 5 heteroatoms. The average Bonchev–Trinajstić information content (AvgIpc) is 2.46. The maximum absolute atomic E-state index is 12.1. The SMILES string of the molecule is CN(C(=O)C=Cc1ccccc1Br)C1CCNCC1.Cl. The first-order valence-electron chi connectivity index (χ1n) is 6.58. The smallest absolute Gasteiger partial charge is 0.246 e. The van der Waals surface area contributed by atoms with Crippen molar-refractivity contribution >= 4 is 40.3 Å². The Morgan fingerprint density at radius 2 is 2.00 bits per heavy atom. The number of likely N-dealkylation sites (N-methyl/N-ethyl adjacent to an activating group) is 1. The molecule has 0 saturated carbocycles. The van der Waals surface area contributed by atoms with Crippen LogP contribution in [0, 0.1) is 0 Å². The summed E-state index contributed by atoms with van der Waals surface area (Å²) in [6, 6.07) is 8.24. The largest absolute Gasteiger partial charge is 0.339 e. The molecular formula is C15H20BrClN2O. The molecule has 3 nitrogen and oxygen atoms in total. The summed E-state index contributed by atoms with van der Waals surface area (Å²) in [5, 5.41) is 3.31. The lowest BCUT2D eigenvalue weighted by atomic mass is 10.1. The third-order valence-corrected chi connectivity index (χ3v) is 4.24. The van der Waals surface area contributed by atoms with Gasteiger partial charge in [0.15, 0.2) is 0 Å². The maximum atomic E-state index is 12.1. The highest BCUT2D eigenvalue weighted by Gasteiger charge is 2.20. The molecule has 0 atom stereocenters. The number of rotatable bonds is 3. The van der Waals surface area contributed by atoms with Gasteiger partial charge in [0.2, 0.25) is 5.91 Å². The first-order valence-corrected chi connectivity index (χ1v) is 7.38. The van der Waals surface area contributed by atoms with Gasteiger partial charge in [0.25, 0.3) is 0 Å². The second kappa shape index (κ2) is 8.45. The lowest BCUT2D eigenvalue weighted by Gasteiger charge is -2.30. The molecule has 1 aliphatic rings. The van der Waals surface area contributed by atoms with Crippen molar-refractivity contribution in [2.45, 2.75) is 18.9 Å². The van der Waals surface area contributed by atoms with Crippen molar-refractivity contribution in [2.75, 3.05) is 20.1 Å². The highest BCUT2D eigenvalue weighted by molar-refractivity contribution is 9.10. The molecule has 0 aliphatic carbocycles. The minimum absolute atomic E-state index is 0. The van der Waals surface area contributed by atoms with Crippen LogP contribution in [-0.4, -0.2) is 37.0 Å². The molecule has 1 aliphatic heterocycles. The molecule has 0 spiro atoms. The van der Waals surface area contributed by atoms with Gasteiger partial charge in [0.1, 0.15) is 0 Å². The van der Waals surface area contributed by atoms with Gasteiger partial charge in [-0.15, -0.1) is 12.4 Å². The van der Waals surface area contributed by atoms with E-state index >= 15 is 0 Å². The van der Waals surface area contributed by atoms with E-state index in [9.17, 15) is 4.79 Å². The summed E-state index contributed by atoms with van der Waals surface area (Å²) >= 11 is 3.48. The van der Waals surface area contributed by atoms with E-state index in [1.165, 1.54) is 0 Å². The number of halogens is 2. The number of nitrogens with one attached hydrogen (secondary N) is 1. The van der Waals surface area contributed by atoms with Gasteiger partial charge < -0.3 is 10.2 Å². The van der Waals surface area contributed by atoms with E-state index in [1.54, 1.807) is 6.08 Å². The van der Waals surface area contributed by atoms with E-state index in [0.29, 0.717) is 6.04 Å². The molecule has 1 fully saturated rings. The van der Waals surface area contributed by atoms with Crippen LogP contribution in [0.5, 0.6) is 0 Å². The van der Waals surface area contributed by atoms with Gasteiger partial charge in [-0.05, 0) is 43.6 Å². The Balaban J connectivity index is 0.00000200. The molecule has 1 N–H and O–H groups in total.